The van der Waals surface area contributed by atoms with E-state index in [4.69, 9.17) is 4.98 Å². The Kier molecular flexibility index (Phi) is 5.31. The quantitative estimate of drug-likeness (QED) is 0.445. The third kappa shape index (κ3) is 3.86. The summed E-state index contributed by atoms with van der Waals surface area (Å²) in [4.78, 5) is 23.7. The molecule has 0 aliphatic carbocycles. The Morgan fingerprint density at radius 2 is 1.93 bits per heavy atom. The van der Waals surface area contributed by atoms with Crippen molar-refractivity contribution in [2.45, 2.75) is 19.9 Å². The highest BCUT2D eigenvalue weighted by Crippen LogP contribution is 2.32. The Hall–Kier alpha value is -3.19. The Balaban J connectivity index is 1.80. The average molecular weight is 409 g/mol. The van der Waals surface area contributed by atoms with Crippen molar-refractivity contribution in [3.63, 3.8) is 0 Å². The zero-order valence-corrected chi connectivity index (χ0v) is 16.4. The van der Waals surface area contributed by atoms with Gasteiger partial charge in [0.1, 0.15) is 0 Å². The highest BCUT2D eigenvalue weighted by molar-refractivity contribution is 7.22. The molecule has 1 amide bonds. The second-order valence-electron chi connectivity index (χ2n) is 6.46. The maximum Gasteiger partial charge on any atom is 0.260 e. The standard InChI is InChI=1S/C22H17F2N3OS/c1-2-14-6-5-8-19-20(14)26-22(29-19)27(13-16-7-3-4-11-25-16)21(28)15-9-10-17(23)18(24)12-15/h3-12H,2,13H2,1H3. The number of aromatic nitrogens is 2. The SMILES string of the molecule is CCc1cccc2sc(N(Cc3ccccn3)C(=O)c3ccc(F)c(F)c3)nc12. The molecule has 0 N–H and O–H groups in total. The molecule has 0 atom stereocenters. The maximum absolute atomic E-state index is 13.7. The first-order chi connectivity index (χ1) is 14.1. The van der Waals surface area contributed by atoms with Gasteiger partial charge in [-0.3, -0.25) is 14.7 Å². The average Bonchev–Trinajstić information content (AvgIpc) is 3.18. The maximum atomic E-state index is 13.7. The van der Waals surface area contributed by atoms with Crippen LogP contribution in [-0.4, -0.2) is 15.9 Å². The summed E-state index contributed by atoms with van der Waals surface area (Å²) in [5.74, 6) is -2.52. The molecule has 4 nitrogen and oxygen atoms in total. The van der Waals surface area contributed by atoms with Gasteiger partial charge in [-0.25, -0.2) is 13.8 Å². The van der Waals surface area contributed by atoms with E-state index in [9.17, 15) is 13.6 Å². The fraction of sp³-hybridized carbons (Fsp3) is 0.136. The van der Waals surface area contributed by atoms with E-state index >= 15 is 0 Å². The van der Waals surface area contributed by atoms with Crippen LogP contribution < -0.4 is 4.90 Å². The number of nitrogens with zero attached hydrogens (tertiary/aromatic N) is 3. The van der Waals surface area contributed by atoms with E-state index in [1.165, 1.54) is 22.3 Å². The predicted octanol–water partition coefficient (Wildman–Crippen LogP) is 5.38. The van der Waals surface area contributed by atoms with Crippen molar-refractivity contribution in [3.05, 3.63) is 89.2 Å². The number of para-hydroxylation sites is 1. The molecule has 0 radical (unpaired) electrons. The number of rotatable bonds is 5. The predicted molar refractivity (Wildman–Crippen MR) is 110 cm³/mol. The molecule has 0 fully saturated rings. The van der Waals surface area contributed by atoms with Crippen LogP contribution in [0.15, 0.2) is 60.8 Å². The first-order valence-electron chi connectivity index (χ1n) is 9.12. The molecule has 7 heteroatoms. The van der Waals surface area contributed by atoms with Crippen LogP contribution >= 0.6 is 11.3 Å². The van der Waals surface area contributed by atoms with E-state index in [0.29, 0.717) is 10.8 Å². The molecule has 4 rings (SSSR count). The van der Waals surface area contributed by atoms with Gasteiger partial charge in [-0.2, -0.15) is 0 Å². The molecule has 0 aliphatic rings. The lowest BCUT2D eigenvalue weighted by Crippen LogP contribution is -2.30. The summed E-state index contributed by atoms with van der Waals surface area (Å²) in [7, 11) is 0. The molecular formula is C22H17F2N3OS. The van der Waals surface area contributed by atoms with Crippen molar-refractivity contribution in [2.24, 2.45) is 0 Å². The number of anilines is 1. The summed E-state index contributed by atoms with van der Waals surface area (Å²) < 4.78 is 28.0. The second kappa shape index (κ2) is 8.05. The lowest BCUT2D eigenvalue weighted by molar-refractivity contribution is 0.0984. The zero-order chi connectivity index (χ0) is 20.4. The minimum atomic E-state index is -1.06. The molecule has 0 bridgehead atoms. The van der Waals surface area contributed by atoms with E-state index < -0.39 is 17.5 Å². The Morgan fingerprint density at radius 3 is 2.66 bits per heavy atom. The molecule has 29 heavy (non-hydrogen) atoms. The third-order valence-corrected chi connectivity index (χ3v) is 5.60. The van der Waals surface area contributed by atoms with Gasteiger partial charge in [-0.05, 0) is 48.4 Å². The van der Waals surface area contributed by atoms with Gasteiger partial charge >= 0.3 is 0 Å². The number of carbonyl (C=O) groups excluding carboxylic acids is 1. The summed E-state index contributed by atoms with van der Waals surface area (Å²) in [6.07, 6.45) is 2.46. The summed E-state index contributed by atoms with van der Waals surface area (Å²) in [6.45, 7) is 2.21. The van der Waals surface area contributed by atoms with Crippen molar-refractivity contribution in [3.8, 4) is 0 Å². The molecule has 0 saturated heterocycles. The highest BCUT2D eigenvalue weighted by atomic mass is 32.1. The first-order valence-corrected chi connectivity index (χ1v) is 9.93. The van der Waals surface area contributed by atoms with Gasteiger partial charge in [-0.1, -0.05) is 36.5 Å². The molecule has 2 aromatic carbocycles. The van der Waals surface area contributed by atoms with Crippen molar-refractivity contribution in [1.29, 1.82) is 0 Å². The van der Waals surface area contributed by atoms with Crippen molar-refractivity contribution in [1.82, 2.24) is 9.97 Å². The number of hydrogen-bond donors (Lipinski definition) is 0. The van der Waals surface area contributed by atoms with Crippen LogP contribution in [0.1, 0.15) is 28.5 Å². The lowest BCUT2D eigenvalue weighted by Gasteiger charge is -2.19. The number of aryl methyl sites for hydroxylation is 1. The largest absolute Gasteiger partial charge is 0.278 e. The van der Waals surface area contributed by atoms with E-state index in [1.54, 1.807) is 18.3 Å². The van der Waals surface area contributed by atoms with Gasteiger partial charge in [0.25, 0.3) is 5.91 Å². The minimum Gasteiger partial charge on any atom is -0.278 e. The van der Waals surface area contributed by atoms with Crippen molar-refractivity contribution in [2.75, 3.05) is 4.90 Å². The zero-order valence-electron chi connectivity index (χ0n) is 15.6. The van der Waals surface area contributed by atoms with Crippen LogP contribution in [0.4, 0.5) is 13.9 Å². The molecule has 0 aliphatic heterocycles. The summed E-state index contributed by atoms with van der Waals surface area (Å²) >= 11 is 1.38. The van der Waals surface area contributed by atoms with Gasteiger partial charge in [0.2, 0.25) is 0 Å². The van der Waals surface area contributed by atoms with Crippen LogP contribution in [0.3, 0.4) is 0 Å². The molecule has 0 unspecified atom stereocenters. The third-order valence-electron chi connectivity index (χ3n) is 4.56. The number of hydrogen-bond acceptors (Lipinski definition) is 4. The topological polar surface area (TPSA) is 46.1 Å². The minimum absolute atomic E-state index is 0.0507. The van der Waals surface area contributed by atoms with E-state index in [2.05, 4.69) is 4.98 Å². The number of fused-ring (bicyclic) bond motifs is 1. The second-order valence-corrected chi connectivity index (χ2v) is 7.46. The van der Waals surface area contributed by atoms with Gasteiger partial charge < -0.3 is 0 Å². The summed E-state index contributed by atoms with van der Waals surface area (Å²) in [6, 6.07) is 14.5. The summed E-state index contributed by atoms with van der Waals surface area (Å²) in [5.41, 5.74) is 2.65. The number of halogens is 2. The number of benzene rings is 2. The van der Waals surface area contributed by atoms with Crippen LogP contribution in [0.2, 0.25) is 0 Å². The Bertz CT molecular complexity index is 1180. The van der Waals surface area contributed by atoms with Crippen LogP contribution in [0, 0.1) is 11.6 Å². The first kappa shape index (κ1) is 19.1. The van der Waals surface area contributed by atoms with E-state index in [1.807, 2.05) is 31.2 Å². The normalized spacial score (nSPS) is 11.0. The molecular weight excluding hydrogens is 392 g/mol. The molecule has 0 spiro atoms. The molecule has 0 saturated carbocycles. The van der Waals surface area contributed by atoms with Gasteiger partial charge in [0.05, 0.1) is 22.5 Å². The fourth-order valence-corrected chi connectivity index (χ4v) is 4.07. The molecule has 2 heterocycles. The molecule has 146 valence electrons. The van der Waals surface area contributed by atoms with E-state index in [-0.39, 0.29) is 12.1 Å². The fourth-order valence-electron chi connectivity index (χ4n) is 3.06. The van der Waals surface area contributed by atoms with Crippen LogP contribution in [-0.2, 0) is 13.0 Å². The van der Waals surface area contributed by atoms with Crippen molar-refractivity contribution < 1.29 is 13.6 Å². The number of amides is 1. The smallest absolute Gasteiger partial charge is 0.260 e. The number of pyridine rings is 1. The van der Waals surface area contributed by atoms with Gasteiger partial charge in [-0.15, -0.1) is 0 Å². The number of carbonyl (C=O) groups is 1. The van der Waals surface area contributed by atoms with E-state index in [0.717, 1.165) is 34.3 Å². The van der Waals surface area contributed by atoms with Crippen LogP contribution in [0.25, 0.3) is 10.2 Å². The monoisotopic (exact) mass is 409 g/mol. The van der Waals surface area contributed by atoms with Gasteiger partial charge in [0.15, 0.2) is 16.8 Å². The molecule has 4 aromatic rings. The Labute approximate surface area is 170 Å². The van der Waals surface area contributed by atoms with Crippen LogP contribution in [0.5, 0.6) is 0 Å². The van der Waals surface area contributed by atoms with Gasteiger partial charge in [0, 0.05) is 11.8 Å². The number of thiazole rings is 1. The molecule has 2 aromatic heterocycles. The Morgan fingerprint density at radius 1 is 1.07 bits per heavy atom. The summed E-state index contributed by atoms with van der Waals surface area (Å²) in [5, 5.41) is 0.487. The highest BCUT2D eigenvalue weighted by Gasteiger charge is 2.23. The lowest BCUT2D eigenvalue weighted by atomic mass is 10.1. The van der Waals surface area contributed by atoms with Crippen molar-refractivity contribution >= 4 is 32.6 Å².